The first-order valence-corrected chi connectivity index (χ1v) is 11.1. The third kappa shape index (κ3) is 4.85. The number of hydrogen-bond acceptors (Lipinski definition) is 5. The molecule has 0 N–H and O–H groups in total. The maximum atomic E-state index is 12.6. The lowest BCUT2D eigenvalue weighted by Crippen LogP contribution is -2.21. The van der Waals surface area contributed by atoms with Crippen LogP contribution in [0.5, 0.6) is 0 Å². The molecule has 0 aliphatic rings. The van der Waals surface area contributed by atoms with Crippen LogP contribution >= 0.6 is 11.3 Å². The molecule has 0 radical (unpaired) electrons. The number of thiazole rings is 1. The molecule has 0 saturated carbocycles. The molecule has 1 atom stereocenters. The van der Waals surface area contributed by atoms with Crippen LogP contribution in [0.1, 0.15) is 45.7 Å². The molecule has 4 nitrogen and oxygen atoms in total. The van der Waals surface area contributed by atoms with Crippen LogP contribution in [-0.2, 0) is 0 Å². The SMILES string of the molecule is CC/C=C\C=C/C(C)c1csc(-c2cc3ccc(N(CC)CC)cc3oc2=O)n1. The summed E-state index contributed by atoms with van der Waals surface area (Å²) in [4.78, 5) is 19.6. The van der Waals surface area contributed by atoms with Crippen molar-refractivity contribution in [2.24, 2.45) is 0 Å². The van der Waals surface area contributed by atoms with Crippen LogP contribution < -0.4 is 10.5 Å². The van der Waals surface area contributed by atoms with Gasteiger partial charge >= 0.3 is 5.63 Å². The fraction of sp³-hybridized carbons (Fsp3) is 0.333. The largest absolute Gasteiger partial charge is 0.422 e. The summed E-state index contributed by atoms with van der Waals surface area (Å²) in [5.41, 5.74) is 2.81. The van der Waals surface area contributed by atoms with Crippen molar-refractivity contribution in [2.45, 2.75) is 40.0 Å². The van der Waals surface area contributed by atoms with Crippen molar-refractivity contribution in [3.05, 3.63) is 70.1 Å². The van der Waals surface area contributed by atoms with E-state index >= 15 is 0 Å². The molecule has 2 aromatic heterocycles. The topological polar surface area (TPSA) is 46.3 Å². The molecular formula is C24H28N2O2S. The lowest BCUT2D eigenvalue weighted by molar-refractivity contribution is 0.563. The van der Waals surface area contributed by atoms with Crippen LogP contribution in [0.4, 0.5) is 5.69 Å². The number of nitrogens with zero attached hydrogens (tertiary/aromatic N) is 2. The van der Waals surface area contributed by atoms with Gasteiger partial charge < -0.3 is 9.32 Å². The van der Waals surface area contributed by atoms with E-state index in [0.29, 0.717) is 16.2 Å². The van der Waals surface area contributed by atoms with Crippen molar-refractivity contribution in [2.75, 3.05) is 18.0 Å². The Morgan fingerprint density at radius 3 is 2.69 bits per heavy atom. The van der Waals surface area contributed by atoms with Gasteiger partial charge in [0.15, 0.2) is 0 Å². The third-order valence-electron chi connectivity index (χ3n) is 4.95. The van der Waals surface area contributed by atoms with Gasteiger partial charge in [-0.05, 0) is 38.5 Å². The molecule has 0 saturated heterocycles. The molecule has 1 aromatic carbocycles. The summed E-state index contributed by atoms with van der Waals surface area (Å²) in [6, 6.07) is 7.91. The molecule has 0 amide bonds. The summed E-state index contributed by atoms with van der Waals surface area (Å²) in [5, 5.41) is 3.62. The van der Waals surface area contributed by atoms with Crippen LogP contribution in [0.25, 0.3) is 21.5 Å². The summed E-state index contributed by atoms with van der Waals surface area (Å²) in [7, 11) is 0. The molecule has 1 unspecified atom stereocenters. The minimum Gasteiger partial charge on any atom is -0.422 e. The van der Waals surface area contributed by atoms with Crippen LogP contribution in [0, 0.1) is 0 Å². The predicted octanol–water partition coefficient (Wildman–Crippen LogP) is 6.39. The Labute approximate surface area is 176 Å². The van der Waals surface area contributed by atoms with Crippen molar-refractivity contribution in [3.63, 3.8) is 0 Å². The van der Waals surface area contributed by atoms with Gasteiger partial charge in [-0.25, -0.2) is 9.78 Å². The van der Waals surface area contributed by atoms with Gasteiger partial charge in [-0.15, -0.1) is 11.3 Å². The molecule has 152 valence electrons. The second-order valence-corrected chi connectivity index (χ2v) is 7.79. The van der Waals surface area contributed by atoms with Gasteiger partial charge in [0.05, 0.1) is 11.3 Å². The highest BCUT2D eigenvalue weighted by Gasteiger charge is 2.14. The first kappa shape index (κ1) is 21.1. The van der Waals surface area contributed by atoms with Crippen molar-refractivity contribution in [1.29, 1.82) is 0 Å². The van der Waals surface area contributed by atoms with Gasteiger partial charge in [-0.1, -0.05) is 38.2 Å². The molecule has 0 bridgehead atoms. The highest BCUT2D eigenvalue weighted by atomic mass is 32.1. The van der Waals surface area contributed by atoms with Gasteiger partial charge in [-0.2, -0.15) is 0 Å². The zero-order valence-electron chi connectivity index (χ0n) is 17.5. The van der Waals surface area contributed by atoms with E-state index in [1.165, 1.54) is 11.3 Å². The second-order valence-electron chi connectivity index (χ2n) is 6.93. The molecule has 0 aliphatic heterocycles. The van der Waals surface area contributed by atoms with Gasteiger partial charge in [0.25, 0.3) is 0 Å². The maximum absolute atomic E-state index is 12.6. The number of allylic oxidation sites excluding steroid dienone is 4. The first-order chi connectivity index (χ1) is 14.1. The highest BCUT2D eigenvalue weighted by molar-refractivity contribution is 7.13. The van der Waals surface area contributed by atoms with Crippen LogP contribution in [0.3, 0.4) is 0 Å². The van der Waals surface area contributed by atoms with E-state index in [9.17, 15) is 4.79 Å². The Morgan fingerprint density at radius 2 is 1.97 bits per heavy atom. The second kappa shape index (κ2) is 9.70. The van der Waals surface area contributed by atoms with E-state index < -0.39 is 0 Å². The van der Waals surface area contributed by atoms with Gasteiger partial charge in [0.2, 0.25) is 0 Å². The Balaban J connectivity index is 1.90. The molecule has 29 heavy (non-hydrogen) atoms. The lowest BCUT2D eigenvalue weighted by Gasteiger charge is -2.20. The fourth-order valence-corrected chi connectivity index (χ4v) is 4.12. The lowest BCUT2D eigenvalue weighted by atomic mass is 10.1. The Bertz CT molecular complexity index is 1070. The van der Waals surface area contributed by atoms with Crippen molar-refractivity contribution in [1.82, 2.24) is 4.98 Å². The molecular weight excluding hydrogens is 380 g/mol. The van der Waals surface area contributed by atoms with Crippen LogP contribution in [-0.4, -0.2) is 18.1 Å². The Hall–Kier alpha value is -2.66. The molecule has 3 aromatic rings. The van der Waals surface area contributed by atoms with Crippen LogP contribution in [0.15, 0.2) is 63.2 Å². The average Bonchev–Trinajstić information content (AvgIpc) is 3.21. The quantitative estimate of drug-likeness (QED) is 0.320. The normalized spacial score (nSPS) is 13.0. The molecule has 5 heteroatoms. The summed E-state index contributed by atoms with van der Waals surface area (Å²) < 4.78 is 5.65. The summed E-state index contributed by atoms with van der Waals surface area (Å²) in [6.45, 7) is 10.3. The van der Waals surface area contributed by atoms with E-state index in [1.807, 2.05) is 35.7 Å². The summed E-state index contributed by atoms with van der Waals surface area (Å²) in [5.74, 6) is 0.186. The zero-order valence-corrected chi connectivity index (χ0v) is 18.3. The van der Waals surface area contributed by atoms with E-state index in [1.54, 1.807) is 0 Å². The Kier molecular flexibility index (Phi) is 7.04. The molecule has 0 aliphatic carbocycles. The van der Waals surface area contributed by atoms with Crippen molar-refractivity contribution >= 4 is 28.0 Å². The maximum Gasteiger partial charge on any atom is 0.346 e. The van der Waals surface area contributed by atoms with Gasteiger partial charge in [0.1, 0.15) is 10.6 Å². The number of benzene rings is 1. The fourth-order valence-electron chi connectivity index (χ4n) is 3.20. The summed E-state index contributed by atoms with van der Waals surface area (Å²) >= 11 is 1.48. The minimum atomic E-state index is -0.343. The highest BCUT2D eigenvalue weighted by Crippen LogP contribution is 2.29. The predicted molar refractivity (Wildman–Crippen MR) is 124 cm³/mol. The standard InChI is InChI=1S/C24H28N2O2S/c1-5-8-9-10-11-17(4)21-16-29-23(25-21)20-14-18-12-13-19(26(6-2)7-3)15-22(18)28-24(20)27/h8-17H,5-7H2,1-4H3/b9-8-,11-10-. The van der Waals surface area contributed by atoms with Crippen LogP contribution in [0.2, 0.25) is 0 Å². The monoisotopic (exact) mass is 408 g/mol. The summed E-state index contributed by atoms with van der Waals surface area (Å²) in [6.07, 6.45) is 9.34. The van der Waals surface area contributed by atoms with Gasteiger partial charge in [-0.3, -0.25) is 0 Å². The van der Waals surface area contributed by atoms with Gasteiger partial charge in [0, 0.05) is 41.5 Å². The van der Waals surface area contributed by atoms with E-state index in [-0.39, 0.29) is 11.5 Å². The Morgan fingerprint density at radius 1 is 1.17 bits per heavy atom. The zero-order chi connectivity index (χ0) is 20.8. The number of rotatable bonds is 8. The first-order valence-electron chi connectivity index (χ1n) is 10.2. The molecule has 3 rings (SSSR count). The number of anilines is 1. The average molecular weight is 409 g/mol. The van der Waals surface area contributed by atoms with E-state index in [0.717, 1.165) is 36.3 Å². The molecule has 0 spiro atoms. The van der Waals surface area contributed by atoms with E-state index in [2.05, 4.69) is 50.8 Å². The molecule has 0 fully saturated rings. The minimum absolute atomic E-state index is 0.186. The smallest absolute Gasteiger partial charge is 0.346 e. The van der Waals surface area contributed by atoms with E-state index in [4.69, 9.17) is 9.40 Å². The van der Waals surface area contributed by atoms with Crippen molar-refractivity contribution in [3.8, 4) is 10.6 Å². The number of hydrogen-bond donors (Lipinski definition) is 0. The van der Waals surface area contributed by atoms with Crippen molar-refractivity contribution < 1.29 is 4.42 Å². The number of aromatic nitrogens is 1. The number of fused-ring (bicyclic) bond motifs is 1. The molecule has 2 heterocycles. The third-order valence-corrected chi connectivity index (χ3v) is 5.84.